The molecule has 0 aliphatic rings. The van der Waals surface area contributed by atoms with E-state index in [2.05, 4.69) is 49.7 Å². The van der Waals surface area contributed by atoms with Crippen LogP contribution < -0.4 is 10.6 Å². The minimum Gasteiger partial charge on any atom is -0.282 e. The molecule has 164 valence electrons. The highest BCUT2D eigenvalue weighted by atomic mass is 32.2. The number of unbranched alkanes of at least 4 members (excludes halogenated alkanes) is 16. The maximum Gasteiger partial charge on any atom is 0.160 e. The van der Waals surface area contributed by atoms with Gasteiger partial charge in [0, 0.05) is 0 Å². The molecule has 0 aliphatic heterocycles. The fraction of sp³-hybridized carbons (Fsp3) is 1.00. The highest BCUT2D eigenvalue weighted by Crippen LogP contribution is 2.14. The largest absolute Gasteiger partial charge is 0.282 e. The van der Waals surface area contributed by atoms with Crippen LogP contribution in [0.1, 0.15) is 129 Å². The predicted octanol–water partition coefficient (Wildman–Crippen LogP) is 7.70. The summed E-state index contributed by atoms with van der Waals surface area (Å²) in [6, 6.07) is 0. The van der Waals surface area contributed by atoms with Crippen LogP contribution in [0.15, 0.2) is 0 Å². The van der Waals surface area contributed by atoms with Gasteiger partial charge in [0.05, 0.1) is 0 Å². The van der Waals surface area contributed by atoms with Gasteiger partial charge in [0.2, 0.25) is 0 Å². The van der Waals surface area contributed by atoms with Crippen molar-refractivity contribution in [2.75, 3.05) is 13.1 Å². The standard InChI is InChI=1S/C23H50N2S2/c1-3-5-7-9-10-11-12-13-14-15-16-17-18-20-22-25-23(26,27)24-21-19-8-6-4-2/h24-27H,3-22H2,1-2H3. The SMILES string of the molecule is CCCCCCCCCCCCCCCCNC(S)(S)NCCCCCC. The van der Waals surface area contributed by atoms with Gasteiger partial charge in [0.15, 0.2) is 4.33 Å². The zero-order valence-corrected chi connectivity index (χ0v) is 20.3. The predicted molar refractivity (Wildman–Crippen MR) is 131 cm³/mol. The molecule has 0 aromatic rings. The Bertz CT molecular complexity index is 286. The summed E-state index contributed by atoms with van der Waals surface area (Å²) in [5, 5.41) is 6.80. The van der Waals surface area contributed by atoms with Crippen molar-refractivity contribution >= 4 is 25.3 Å². The Labute approximate surface area is 182 Å². The Kier molecular flexibility index (Phi) is 21.8. The van der Waals surface area contributed by atoms with Gasteiger partial charge < -0.3 is 0 Å². The number of thiol groups is 2. The molecule has 0 unspecified atom stereocenters. The first-order valence-corrected chi connectivity index (χ1v) is 13.0. The summed E-state index contributed by atoms with van der Waals surface area (Å²) in [7, 11) is 0. The summed E-state index contributed by atoms with van der Waals surface area (Å²) in [5.41, 5.74) is 0. The Balaban J connectivity index is 3.23. The van der Waals surface area contributed by atoms with E-state index < -0.39 is 4.33 Å². The number of nitrogens with one attached hydrogen (secondary N) is 2. The molecule has 0 radical (unpaired) electrons. The Morgan fingerprint density at radius 3 is 1.04 bits per heavy atom. The fourth-order valence-corrected chi connectivity index (χ4v) is 3.91. The highest BCUT2D eigenvalue weighted by Gasteiger charge is 2.16. The number of hydrogen-bond acceptors (Lipinski definition) is 4. The maximum absolute atomic E-state index is 4.58. The van der Waals surface area contributed by atoms with Crippen LogP contribution in [-0.2, 0) is 0 Å². The fourth-order valence-electron chi connectivity index (χ4n) is 3.46. The summed E-state index contributed by atoms with van der Waals surface area (Å²) in [6.45, 7) is 6.51. The van der Waals surface area contributed by atoms with Crippen LogP contribution in [0.25, 0.3) is 0 Å². The molecule has 0 amide bonds. The van der Waals surface area contributed by atoms with E-state index in [4.69, 9.17) is 0 Å². The zero-order valence-electron chi connectivity index (χ0n) is 18.5. The van der Waals surface area contributed by atoms with Crippen molar-refractivity contribution in [1.29, 1.82) is 0 Å². The van der Waals surface area contributed by atoms with Gasteiger partial charge in [-0.15, -0.1) is 25.3 Å². The third-order valence-corrected chi connectivity index (χ3v) is 5.94. The van der Waals surface area contributed by atoms with Crippen LogP contribution in [0.4, 0.5) is 0 Å². The summed E-state index contributed by atoms with van der Waals surface area (Å²) >= 11 is 9.15. The summed E-state index contributed by atoms with van der Waals surface area (Å²) in [4.78, 5) is 0. The average Bonchev–Trinajstić information content (AvgIpc) is 2.64. The summed E-state index contributed by atoms with van der Waals surface area (Å²) < 4.78 is -0.525. The molecule has 2 nitrogen and oxygen atoms in total. The summed E-state index contributed by atoms with van der Waals surface area (Å²) in [6.07, 6.45) is 24.8. The Morgan fingerprint density at radius 1 is 0.444 bits per heavy atom. The second-order valence-corrected chi connectivity index (χ2v) is 9.88. The van der Waals surface area contributed by atoms with Gasteiger partial charge in [0.25, 0.3) is 0 Å². The first-order valence-electron chi connectivity index (χ1n) is 12.1. The van der Waals surface area contributed by atoms with Crippen LogP contribution in [-0.4, -0.2) is 17.4 Å². The molecule has 0 rings (SSSR count). The Morgan fingerprint density at radius 2 is 0.704 bits per heavy atom. The van der Waals surface area contributed by atoms with Gasteiger partial charge in [-0.2, -0.15) is 0 Å². The van der Waals surface area contributed by atoms with E-state index >= 15 is 0 Å². The van der Waals surface area contributed by atoms with Crippen molar-refractivity contribution < 1.29 is 0 Å². The van der Waals surface area contributed by atoms with E-state index in [9.17, 15) is 0 Å². The van der Waals surface area contributed by atoms with Crippen molar-refractivity contribution in [1.82, 2.24) is 10.6 Å². The molecule has 0 spiro atoms. The van der Waals surface area contributed by atoms with Crippen molar-refractivity contribution in [3.63, 3.8) is 0 Å². The van der Waals surface area contributed by atoms with Crippen LogP contribution in [0.5, 0.6) is 0 Å². The zero-order chi connectivity index (χ0) is 20.1. The van der Waals surface area contributed by atoms with Gasteiger partial charge in [-0.3, -0.25) is 10.6 Å². The molecule has 0 aromatic heterocycles. The third kappa shape index (κ3) is 22.8. The highest BCUT2D eigenvalue weighted by molar-refractivity contribution is 8.00. The first kappa shape index (κ1) is 27.6. The van der Waals surface area contributed by atoms with Crippen LogP contribution in [0.2, 0.25) is 0 Å². The van der Waals surface area contributed by atoms with Crippen molar-refractivity contribution in [2.45, 2.75) is 134 Å². The number of rotatable bonds is 22. The van der Waals surface area contributed by atoms with Crippen molar-refractivity contribution in [3.8, 4) is 0 Å². The quantitative estimate of drug-likeness (QED) is 0.0822. The molecule has 27 heavy (non-hydrogen) atoms. The maximum atomic E-state index is 4.58. The lowest BCUT2D eigenvalue weighted by atomic mass is 10.0. The van der Waals surface area contributed by atoms with E-state index in [0.29, 0.717) is 0 Å². The average molecular weight is 419 g/mol. The van der Waals surface area contributed by atoms with E-state index in [1.54, 1.807) is 0 Å². The molecular formula is C23H50N2S2. The Hall–Kier alpha value is 0.620. The lowest BCUT2D eigenvalue weighted by Crippen LogP contribution is -2.48. The summed E-state index contributed by atoms with van der Waals surface area (Å²) in [5.74, 6) is 0. The molecule has 0 saturated heterocycles. The molecule has 2 N–H and O–H groups in total. The van der Waals surface area contributed by atoms with E-state index in [1.165, 1.54) is 116 Å². The van der Waals surface area contributed by atoms with Crippen LogP contribution >= 0.6 is 25.3 Å². The van der Waals surface area contributed by atoms with Crippen LogP contribution in [0.3, 0.4) is 0 Å². The normalized spacial score (nSPS) is 12.0. The monoisotopic (exact) mass is 418 g/mol. The van der Waals surface area contributed by atoms with E-state index in [0.717, 1.165) is 13.1 Å². The van der Waals surface area contributed by atoms with Crippen molar-refractivity contribution in [3.05, 3.63) is 0 Å². The molecule has 0 aromatic carbocycles. The third-order valence-electron chi connectivity index (χ3n) is 5.30. The van der Waals surface area contributed by atoms with Gasteiger partial charge in [-0.1, -0.05) is 117 Å². The first-order chi connectivity index (χ1) is 13.1. The molecule has 0 bridgehead atoms. The minimum absolute atomic E-state index is 0.525. The molecule has 4 heteroatoms. The number of hydrogen-bond donors (Lipinski definition) is 4. The molecule has 0 atom stereocenters. The van der Waals surface area contributed by atoms with E-state index in [1.807, 2.05) is 0 Å². The smallest absolute Gasteiger partial charge is 0.160 e. The molecular weight excluding hydrogens is 368 g/mol. The lowest BCUT2D eigenvalue weighted by Gasteiger charge is -2.25. The topological polar surface area (TPSA) is 24.1 Å². The second-order valence-electron chi connectivity index (χ2n) is 8.18. The van der Waals surface area contributed by atoms with Gasteiger partial charge in [-0.05, 0) is 25.9 Å². The molecule has 0 fully saturated rings. The second kappa shape index (κ2) is 21.3. The van der Waals surface area contributed by atoms with E-state index in [-0.39, 0.29) is 0 Å². The van der Waals surface area contributed by atoms with Crippen molar-refractivity contribution in [2.24, 2.45) is 0 Å². The van der Waals surface area contributed by atoms with Gasteiger partial charge in [0.1, 0.15) is 0 Å². The van der Waals surface area contributed by atoms with Crippen LogP contribution in [0, 0.1) is 0 Å². The van der Waals surface area contributed by atoms with Gasteiger partial charge >= 0.3 is 0 Å². The van der Waals surface area contributed by atoms with Gasteiger partial charge in [-0.25, -0.2) is 0 Å². The molecule has 0 heterocycles. The molecule has 0 aliphatic carbocycles. The molecule has 0 saturated carbocycles. The minimum atomic E-state index is -0.525. The lowest BCUT2D eigenvalue weighted by molar-refractivity contribution is 0.476.